The predicted octanol–water partition coefficient (Wildman–Crippen LogP) is 9.32. The van der Waals surface area contributed by atoms with Crippen LogP contribution >= 0.6 is 0 Å². The Kier molecular flexibility index (Phi) is 8.72. The van der Waals surface area contributed by atoms with Gasteiger partial charge in [0, 0.05) is 60.4 Å². The Bertz CT molecular complexity index is 4200. The van der Waals surface area contributed by atoms with Gasteiger partial charge in [0.2, 0.25) is 0 Å². The van der Waals surface area contributed by atoms with Crippen LogP contribution in [0.25, 0.3) is 87.3 Å². The summed E-state index contributed by atoms with van der Waals surface area (Å²) in [6.45, 7) is 0. The van der Waals surface area contributed by atoms with Gasteiger partial charge in [-0.25, -0.2) is 4.98 Å². The summed E-state index contributed by atoms with van der Waals surface area (Å²) < 4.78 is 0. The molecule has 0 bridgehead atoms. The molecule has 0 aliphatic carbocycles. The predicted molar refractivity (Wildman–Crippen MR) is 230 cm³/mol. The van der Waals surface area contributed by atoms with Gasteiger partial charge in [-0.15, -0.1) is 0 Å². The fourth-order valence-electron chi connectivity index (χ4n) is 8.86. The maximum Gasteiger partial charge on any atom is 0.102 e. The molecule has 9 aromatic rings. The number of fused-ring (bicyclic) bond motifs is 10. The van der Waals surface area contributed by atoms with Crippen LogP contribution in [0.4, 0.5) is 0 Å². The highest BCUT2D eigenvalue weighted by Crippen LogP contribution is 2.51. The molecule has 0 unspecified atom stereocenters. The van der Waals surface area contributed by atoms with Crippen molar-refractivity contribution in [2.75, 3.05) is 0 Å². The first-order valence-corrected chi connectivity index (χ1v) is 18.7. The molecular weight excluding hydrogens is 795 g/mol. The molecule has 13 heteroatoms. The molecule has 282 valence electrons. The van der Waals surface area contributed by atoms with Gasteiger partial charge in [0.1, 0.15) is 66.8 Å². The minimum Gasteiger partial charge on any atom is -0.254 e. The number of rotatable bonds is 2. The van der Waals surface area contributed by atoms with Crippen LogP contribution in [0.3, 0.4) is 0 Å². The number of hydrogen-bond donors (Lipinski definition) is 0. The van der Waals surface area contributed by atoms with Crippen molar-refractivity contribution in [1.82, 2.24) is 9.97 Å². The maximum atomic E-state index is 11.4. The zero-order valence-electron chi connectivity index (χ0n) is 32.3. The Balaban J connectivity index is 1.57. The lowest BCUT2D eigenvalue weighted by Gasteiger charge is -2.22. The van der Waals surface area contributed by atoms with E-state index in [1.165, 1.54) is 0 Å². The maximum absolute atomic E-state index is 11.4. The highest BCUT2D eigenvalue weighted by molar-refractivity contribution is 6.34. The minimum absolute atomic E-state index is 0.0856. The molecule has 0 spiro atoms. The van der Waals surface area contributed by atoms with E-state index in [9.17, 15) is 57.9 Å². The molecule has 7 aromatic carbocycles. The van der Waals surface area contributed by atoms with Crippen molar-refractivity contribution < 1.29 is 0 Å². The number of aromatic nitrogens is 2. The first-order chi connectivity index (χ1) is 31.3. The molecule has 0 aliphatic heterocycles. The topological polar surface area (TPSA) is 287 Å². The molecule has 2 heterocycles. The number of nitrogens with zero attached hydrogens (tertiary/aromatic N) is 13. The van der Waals surface area contributed by atoms with E-state index in [0.29, 0.717) is 33.1 Å². The molecule has 0 fully saturated rings. The van der Waals surface area contributed by atoms with Crippen LogP contribution in [0, 0.1) is 125 Å². The van der Waals surface area contributed by atoms with Gasteiger partial charge in [-0.2, -0.15) is 57.9 Å². The molecule has 0 saturated carbocycles. The van der Waals surface area contributed by atoms with Crippen molar-refractivity contribution in [3.8, 4) is 89.1 Å². The molecular formula is C51H13N13. The second kappa shape index (κ2) is 14.6. The van der Waals surface area contributed by atoms with Crippen molar-refractivity contribution in [2.45, 2.75) is 0 Å². The van der Waals surface area contributed by atoms with Crippen LogP contribution in [0.1, 0.15) is 61.2 Å². The van der Waals surface area contributed by atoms with Gasteiger partial charge >= 0.3 is 0 Å². The fraction of sp³-hybridized carbons (Fsp3) is 0. The Morgan fingerprint density at radius 1 is 0.312 bits per heavy atom. The van der Waals surface area contributed by atoms with Crippen LogP contribution < -0.4 is 0 Å². The summed E-state index contributed by atoms with van der Waals surface area (Å²) >= 11 is 0. The van der Waals surface area contributed by atoms with Gasteiger partial charge in [0.05, 0.1) is 77.9 Å². The second-order valence-corrected chi connectivity index (χ2v) is 14.1. The quantitative estimate of drug-likeness (QED) is 0.147. The van der Waals surface area contributed by atoms with Crippen molar-refractivity contribution in [2.24, 2.45) is 0 Å². The monoisotopic (exact) mass is 807 g/mol. The van der Waals surface area contributed by atoms with Crippen LogP contribution in [0.5, 0.6) is 0 Å². The molecule has 0 aliphatic rings. The third kappa shape index (κ3) is 4.93. The van der Waals surface area contributed by atoms with E-state index in [-0.39, 0.29) is 54.6 Å². The average Bonchev–Trinajstić information content (AvgIpc) is 3.35. The molecule has 0 atom stereocenters. The van der Waals surface area contributed by atoms with Crippen LogP contribution in [-0.4, -0.2) is 9.97 Å². The molecule has 13 nitrogen and oxygen atoms in total. The lowest BCUT2D eigenvalue weighted by Crippen LogP contribution is -2.07. The number of pyridine rings is 2. The first kappa shape index (κ1) is 38.3. The molecule has 0 amide bonds. The number of benzene rings is 7. The van der Waals surface area contributed by atoms with Gasteiger partial charge in [-0.3, -0.25) is 4.98 Å². The molecule has 0 N–H and O–H groups in total. The Morgan fingerprint density at radius 2 is 0.688 bits per heavy atom. The number of hydrogen-bond acceptors (Lipinski definition) is 13. The summed E-state index contributed by atoms with van der Waals surface area (Å²) in [6, 6.07) is 43.0. The first-order valence-electron chi connectivity index (χ1n) is 18.7. The van der Waals surface area contributed by atoms with Crippen LogP contribution in [0.15, 0.2) is 79.0 Å². The van der Waals surface area contributed by atoms with E-state index in [2.05, 4.69) is 17.1 Å². The normalized spacial score (nSPS) is 10.3. The Hall–Kier alpha value is -11.2. The van der Waals surface area contributed by atoms with Crippen molar-refractivity contribution in [1.29, 1.82) is 57.9 Å². The summed E-state index contributed by atoms with van der Waals surface area (Å²) in [5, 5.41) is 119. The molecule has 64 heavy (non-hydrogen) atoms. The standard InChI is InChI=1S/C51H13N13/c52-14-31-32(15-53)37(20-58)46-44(35(31)18-56)45-36(19-57)33(16-54)34(17-55)38(21-59)47(45)49-41(24-62)43(39(22-60)40(23-61)48(46)49)30-11-10-29(27-5-1-2-6-28(27)30)42-12-9-26-8-7-25-4-3-13-63-50(25)51(26)64-42/h1-13H. The smallest absolute Gasteiger partial charge is 0.102 e. The highest BCUT2D eigenvalue weighted by Gasteiger charge is 2.34. The SMILES string of the molecule is N#Cc1c(C#N)c(C#N)c2c(c1C#N)c1c(C#N)c(C#N)c(C#N)c(C#N)c1c1c(C#N)c(-c3ccc(-c4ccc5ccc6cccnc6c5n4)c4ccccc34)c(C#N)c(C#N)c21. The average molecular weight is 808 g/mol. The molecule has 9 rings (SSSR count). The lowest BCUT2D eigenvalue weighted by atomic mass is 9.76. The summed E-state index contributed by atoms with van der Waals surface area (Å²) in [5.74, 6) is 0. The van der Waals surface area contributed by atoms with Crippen molar-refractivity contribution in [3.63, 3.8) is 0 Å². The lowest BCUT2D eigenvalue weighted by molar-refractivity contribution is 1.37. The zero-order chi connectivity index (χ0) is 45.0. The Labute approximate surface area is 360 Å². The van der Waals surface area contributed by atoms with E-state index in [1.54, 1.807) is 54.7 Å². The summed E-state index contributed by atoms with van der Waals surface area (Å²) in [5.41, 5.74) is -2.77. The van der Waals surface area contributed by atoms with E-state index in [1.807, 2.05) is 78.9 Å². The third-order valence-corrected chi connectivity index (χ3v) is 11.4. The molecule has 0 saturated heterocycles. The Morgan fingerprint density at radius 3 is 1.14 bits per heavy atom. The summed E-state index contributed by atoms with van der Waals surface area (Å²) in [6.07, 6.45) is 1.69. The van der Waals surface area contributed by atoms with Gasteiger partial charge in [-0.05, 0) is 28.5 Å². The molecule has 2 aromatic heterocycles. The van der Waals surface area contributed by atoms with Gasteiger partial charge in [0.15, 0.2) is 0 Å². The third-order valence-electron chi connectivity index (χ3n) is 11.4. The van der Waals surface area contributed by atoms with E-state index >= 15 is 0 Å². The van der Waals surface area contributed by atoms with E-state index in [4.69, 9.17) is 4.98 Å². The van der Waals surface area contributed by atoms with Gasteiger partial charge in [-0.1, -0.05) is 60.7 Å². The van der Waals surface area contributed by atoms with Crippen molar-refractivity contribution >= 4 is 64.9 Å². The summed E-state index contributed by atoms with van der Waals surface area (Å²) in [7, 11) is 0. The molecule has 0 radical (unpaired) electrons. The van der Waals surface area contributed by atoms with E-state index in [0.717, 1.165) is 10.8 Å². The highest BCUT2D eigenvalue weighted by atomic mass is 14.8. The van der Waals surface area contributed by atoms with Crippen molar-refractivity contribution in [3.05, 3.63) is 140 Å². The second-order valence-electron chi connectivity index (χ2n) is 14.1. The minimum atomic E-state index is -0.576. The largest absolute Gasteiger partial charge is 0.254 e. The fourth-order valence-corrected chi connectivity index (χ4v) is 8.86. The van der Waals surface area contributed by atoms with Gasteiger partial charge < -0.3 is 0 Å². The van der Waals surface area contributed by atoms with Crippen LogP contribution in [-0.2, 0) is 0 Å². The van der Waals surface area contributed by atoms with E-state index < -0.39 is 50.1 Å². The van der Waals surface area contributed by atoms with Gasteiger partial charge in [0.25, 0.3) is 0 Å². The summed E-state index contributed by atoms with van der Waals surface area (Å²) in [4.78, 5) is 9.62. The zero-order valence-corrected chi connectivity index (χ0v) is 32.3. The number of nitriles is 11. The van der Waals surface area contributed by atoms with Crippen LogP contribution in [0.2, 0.25) is 0 Å².